The number of hydrogen-bond acceptors (Lipinski definition) is 6. The lowest BCUT2D eigenvalue weighted by Crippen LogP contribution is -2.42. The molecule has 0 aliphatic carbocycles. The number of carboxylic acids is 1. The molecule has 0 bridgehead atoms. The molecule has 0 fully saturated rings. The first-order valence-electron chi connectivity index (χ1n) is 8.59. The number of nitrogen functional groups attached to an aromatic ring is 1. The molecule has 4 N–H and O–H groups in total. The summed E-state index contributed by atoms with van der Waals surface area (Å²) < 4.78 is 9.85. The zero-order valence-electron chi connectivity index (χ0n) is 15.6. The summed E-state index contributed by atoms with van der Waals surface area (Å²) in [6.45, 7) is 1.73. The second-order valence-electron chi connectivity index (χ2n) is 5.90. The summed E-state index contributed by atoms with van der Waals surface area (Å²) in [5, 5.41) is 11.5. The maximum atomic E-state index is 12.4. The summed E-state index contributed by atoms with van der Waals surface area (Å²) in [6, 6.07) is 10.7. The minimum atomic E-state index is -1.41. The smallest absolute Gasteiger partial charge is 0.326 e. The number of nitrogens with two attached hydrogens (primary N) is 1. The predicted molar refractivity (Wildman–Crippen MR) is 103 cm³/mol. The number of hydrogen-bond donors (Lipinski definition) is 3. The van der Waals surface area contributed by atoms with Crippen LogP contribution >= 0.6 is 0 Å². The van der Waals surface area contributed by atoms with E-state index in [0.717, 1.165) is 11.1 Å². The van der Waals surface area contributed by atoms with Crippen molar-refractivity contribution in [3.8, 4) is 16.9 Å². The Balaban J connectivity index is 2.16. The summed E-state index contributed by atoms with van der Waals surface area (Å²) in [7, 11) is 1.58. The molecular weight excluding hydrogens is 364 g/mol. The van der Waals surface area contributed by atoms with Crippen molar-refractivity contribution in [2.75, 3.05) is 19.5 Å². The van der Waals surface area contributed by atoms with Crippen LogP contribution in [0.5, 0.6) is 5.75 Å². The van der Waals surface area contributed by atoms with Crippen molar-refractivity contribution in [3.63, 3.8) is 0 Å². The number of esters is 1. The van der Waals surface area contributed by atoms with Crippen LogP contribution in [0.25, 0.3) is 11.1 Å². The van der Waals surface area contributed by atoms with Crippen molar-refractivity contribution in [2.24, 2.45) is 0 Å². The molecule has 0 heterocycles. The predicted octanol–water partition coefficient (Wildman–Crippen LogP) is 2.08. The van der Waals surface area contributed by atoms with Gasteiger partial charge < -0.3 is 25.6 Å². The summed E-state index contributed by atoms with van der Waals surface area (Å²) in [4.78, 5) is 35.3. The number of carbonyl (C=O) groups is 3. The SMILES string of the molecule is CCOC(=O)C[C@H](NC(=O)c1ccc(-c2ccc(OC)cc2)cc1N)C(=O)O. The highest BCUT2D eigenvalue weighted by molar-refractivity contribution is 6.02. The van der Waals surface area contributed by atoms with Crippen LogP contribution in [0.15, 0.2) is 42.5 Å². The van der Waals surface area contributed by atoms with Gasteiger partial charge >= 0.3 is 11.9 Å². The lowest BCUT2D eigenvalue weighted by molar-refractivity contribution is -0.149. The van der Waals surface area contributed by atoms with Gasteiger partial charge in [-0.05, 0) is 42.3 Å². The fraction of sp³-hybridized carbons (Fsp3) is 0.250. The quantitative estimate of drug-likeness (QED) is 0.468. The van der Waals surface area contributed by atoms with Crippen LogP contribution in [0.1, 0.15) is 23.7 Å². The highest BCUT2D eigenvalue weighted by Crippen LogP contribution is 2.26. The zero-order valence-corrected chi connectivity index (χ0v) is 15.6. The van der Waals surface area contributed by atoms with Gasteiger partial charge in [0.05, 0.1) is 25.7 Å². The van der Waals surface area contributed by atoms with Gasteiger partial charge in [0.25, 0.3) is 5.91 Å². The first-order valence-corrected chi connectivity index (χ1v) is 8.59. The molecule has 1 amide bonds. The van der Waals surface area contributed by atoms with Crippen LogP contribution in [0.4, 0.5) is 5.69 Å². The molecule has 0 aliphatic rings. The molecular formula is C20H22N2O6. The monoisotopic (exact) mass is 386 g/mol. The van der Waals surface area contributed by atoms with Gasteiger partial charge in [-0.3, -0.25) is 9.59 Å². The number of nitrogens with one attached hydrogen (secondary N) is 1. The maximum Gasteiger partial charge on any atom is 0.326 e. The van der Waals surface area contributed by atoms with Gasteiger partial charge in [0, 0.05) is 5.69 Å². The van der Waals surface area contributed by atoms with Gasteiger partial charge in [0.1, 0.15) is 11.8 Å². The number of carboxylic acid groups (broad SMARTS) is 1. The Morgan fingerprint density at radius 3 is 2.29 bits per heavy atom. The van der Waals surface area contributed by atoms with Crippen LogP contribution in [-0.2, 0) is 14.3 Å². The molecule has 0 spiro atoms. The Morgan fingerprint density at radius 2 is 1.75 bits per heavy atom. The van der Waals surface area contributed by atoms with Gasteiger partial charge in [-0.1, -0.05) is 18.2 Å². The molecule has 0 unspecified atom stereocenters. The fourth-order valence-electron chi connectivity index (χ4n) is 2.56. The highest BCUT2D eigenvalue weighted by atomic mass is 16.5. The molecule has 2 aromatic carbocycles. The first kappa shape index (κ1) is 20.8. The van der Waals surface area contributed by atoms with Gasteiger partial charge in [-0.15, -0.1) is 0 Å². The van der Waals surface area contributed by atoms with Crippen molar-refractivity contribution in [3.05, 3.63) is 48.0 Å². The number of methoxy groups -OCH3 is 1. The van der Waals surface area contributed by atoms with Crippen LogP contribution < -0.4 is 15.8 Å². The van der Waals surface area contributed by atoms with Crippen LogP contribution in [0, 0.1) is 0 Å². The standard InChI is InChI=1S/C20H22N2O6/c1-3-28-18(23)11-17(20(25)26)22-19(24)15-9-6-13(10-16(15)21)12-4-7-14(27-2)8-5-12/h4-10,17H,3,11,21H2,1-2H3,(H,22,24)(H,25,26)/t17-/m0/s1. The van der Waals surface area contributed by atoms with E-state index in [-0.39, 0.29) is 17.9 Å². The van der Waals surface area contributed by atoms with E-state index in [2.05, 4.69) is 5.32 Å². The third kappa shape index (κ3) is 5.23. The minimum absolute atomic E-state index is 0.118. The van der Waals surface area contributed by atoms with E-state index in [4.69, 9.17) is 15.2 Å². The van der Waals surface area contributed by atoms with Crippen LogP contribution in [0.3, 0.4) is 0 Å². The second kappa shape index (κ2) is 9.40. The van der Waals surface area contributed by atoms with Gasteiger partial charge in [-0.2, -0.15) is 0 Å². The molecule has 1 atom stereocenters. The van der Waals surface area contributed by atoms with Gasteiger partial charge in [0.15, 0.2) is 0 Å². The summed E-state index contributed by atoms with van der Waals surface area (Å²) in [5.41, 5.74) is 7.97. The third-order valence-electron chi connectivity index (χ3n) is 4.00. The van der Waals surface area contributed by atoms with E-state index >= 15 is 0 Å². The number of benzene rings is 2. The third-order valence-corrected chi connectivity index (χ3v) is 4.00. The largest absolute Gasteiger partial charge is 0.497 e. The highest BCUT2D eigenvalue weighted by Gasteiger charge is 2.25. The van der Waals surface area contributed by atoms with Gasteiger partial charge in [-0.25, -0.2) is 4.79 Å². The maximum absolute atomic E-state index is 12.4. The number of ether oxygens (including phenoxy) is 2. The molecule has 2 aromatic rings. The lowest BCUT2D eigenvalue weighted by atomic mass is 10.0. The van der Waals surface area contributed by atoms with Crippen molar-refractivity contribution < 1.29 is 29.0 Å². The number of aliphatic carboxylic acids is 1. The second-order valence-corrected chi connectivity index (χ2v) is 5.90. The van der Waals surface area contributed by atoms with Crippen LogP contribution in [-0.4, -0.2) is 42.7 Å². The van der Waals surface area contributed by atoms with Crippen LogP contribution in [0.2, 0.25) is 0 Å². The molecule has 2 rings (SSSR count). The Labute approximate surface area is 162 Å². The normalized spacial score (nSPS) is 11.4. The first-order chi connectivity index (χ1) is 13.3. The molecule has 8 heteroatoms. The topological polar surface area (TPSA) is 128 Å². The molecule has 0 aliphatic heterocycles. The van der Waals surface area contributed by atoms with E-state index in [0.29, 0.717) is 5.75 Å². The Hall–Kier alpha value is -3.55. The lowest BCUT2D eigenvalue weighted by Gasteiger charge is -2.15. The summed E-state index contributed by atoms with van der Waals surface area (Å²) in [5.74, 6) is -2.02. The van der Waals surface area contributed by atoms with Gasteiger partial charge in [0.2, 0.25) is 0 Å². The summed E-state index contributed by atoms with van der Waals surface area (Å²) in [6.07, 6.45) is -0.473. The average molecular weight is 386 g/mol. The van der Waals surface area contributed by atoms with E-state index in [1.54, 1.807) is 38.3 Å². The number of amides is 1. The van der Waals surface area contributed by atoms with E-state index in [1.807, 2.05) is 12.1 Å². The molecule has 0 aromatic heterocycles. The minimum Gasteiger partial charge on any atom is -0.497 e. The zero-order chi connectivity index (χ0) is 20.7. The number of anilines is 1. The Kier molecular flexibility index (Phi) is 6.97. The number of rotatable bonds is 8. The Bertz CT molecular complexity index is 863. The molecule has 148 valence electrons. The van der Waals surface area contributed by atoms with E-state index in [9.17, 15) is 19.5 Å². The average Bonchev–Trinajstić information content (AvgIpc) is 2.67. The van der Waals surface area contributed by atoms with Crippen molar-refractivity contribution in [1.82, 2.24) is 5.32 Å². The molecule has 0 saturated heterocycles. The number of carbonyl (C=O) groups excluding carboxylic acids is 2. The molecule has 28 heavy (non-hydrogen) atoms. The van der Waals surface area contributed by atoms with E-state index < -0.39 is 30.3 Å². The van der Waals surface area contributed by atoms with Crippen molar-refractivity contribution in [1.29, 1.82) is 0 Å². The molecule has 0 saturated carbocycles. The van der Waals surface area contributed by atoms with Crippen molar-refractivity contribution in [2.45, 2.75) is 19.4 Å². The van der Waals surface area contributed by atoms with Crippen molar-refractivity contribution >= 4 is 23.5 Å². The Morgan fingerprint density at radius 1 is 1.11 bits per heavy atom. The summed E-state index contributed by atoms with van der Waals surface area (Å²) >= 11 is 0. The fourth-order valence-corrected chi connectivity index (χ4v) is 2.56. The molecule has 0 radical (unpaired) electrons. The molecule has 8 nitrogen and oxygen atoms in total. The van der Waals surface area contributed by atoms with E-state index in [1.165, 1.54) is 6.07 Å².